The van der Waals surface area contributed by atoms with Gasteiger partial charge in [0.1, 0.15) is 17.1 Å². The molecule has 176 valence electrons. The van der Waals surface area contributed by atoms with Crippen LogP contribution in [0.5, 0.6) is 5.88 Å². The van der Waals surface area contributed by atoms with E-state index in [-0.39, 0.29) is 11.4 Å². The van der Waals surface area contributed by atoms with E-state index in [2.05, 4.69) is 15.3 Å². The monoisotopic (exact) mass is 464 g/mol. The molecule has 1 amide bonds. The van der Waals surface area contributed by atoms with Crippen LogP contribution in [0.25, 0.3) is 22.2 Å². The Balaban J connectivity index is 1.90. The van der Waals surface area contributed by atoms with Gasteiger partial charge in [-0.3, -0.25) is 4.79 Å². The Labute approximate surface area is 187 Å². The number of fused-ring (bicyclic) bond motifs is 1. The third kappa shape index (κ3) is 4.42. The number of anilines is 1. The molecule has 12 heteroatoms. The molecule has 0 spiro atoms. The van der Waals surface area contributed by atoms with Gasteiger partial charge in [0, 0.05) is 24.8 Å². The number of pyridine rings is 1. The number of carbonyl (C=O) groups excluding carboxylic acids is 1. The molecule has 2 atom stereocenters. The maximum atomic E-state index is 13.1. The van der Waals surface area contributed by atoms with Gasteiger partial charge in [-0.25, -0.2) is 9.61 Å². The number of halogens is 3. The average Bonchev–Trinajstić information content (AvgIpc) is 3.36. The summed E-state index contributed by atoms with van der Waals surface area (Å²) in [6.45, 7) is 3.64. The minimum absolute atomic E-state index is 0.0158. The Kier molecular flexibility index (Phi) is 5.64. The lowest BCUT2D eigenvalue weighted by Crippen LogP contribution is -2.44. The second-order valence-corrected chi connectivity index (χ2v) is 8.43. The topological polar surface area (TPSA) is 119 Å². The first-order chi connectivity index (χ1) is 15.5. The summed E-state index contributed by atoms with van der Waals surface area (Å²) in [6, 6.07) is 3.05. The van der Waals surface area contributed by atoms with Gasteiger partial charge in [-0.15, -0.1) is 0 Å². The van der Waals surface area contributed by atoms with Gasteiger partial charge in [0.05, 0.1) is 23.9 Å². The second-order valence-electron chi connectivity index (χ2n) is 8.43. The third-order valence-electron chi connectivity index (χ3n) is 5.66. The first kappa shape index (κ1) is 22.8. The Morgan fingerprint density at radius 3 is 2.70 bits per heavy atom. The summed E-state index contributed by atoms with van der Waals surface area (Å²) in [7, 11) is 1.42. The van der Waals surface area contributed by atoms with Gasteiger partial charge in [0.2, 0.25) is 5.88 Å². The highest BCUT2D eigenvalue weighted by Gasteiger charge is 2.39. The van der Waals surface area contributed by atoms with E-state index in [1.54, 1.807) is 18.2 Å². The van der Waals surface area contributed by atoms with Crippen LogP contribution in [-0.4, -0.2) is 59.2 Å². The molecular formula is C21H23F3N6O3. The molecule has 4 rings (SSSR count). The number of nitrogens with two attached hydrogens (primary N) is 1. The zero-order valence-corrected chi connectivity index (χ0v) is 18.2. The van der Waals surface area contributed by atoms with Crippen molar-refractivity contribution in [3.8, 4) is 17.0 Å². The van der Waals surface area contributed by atoms with Crippen LogP contribution in [0.15, 0.2) is 29.0 Å². The number of alkyl halides is 3. The zero-order chi connectivity index (χ0) is 24.0. The quantitative estimate of drug-likeness (QED) is 0.592. The molecule has 9 nitrogen and oxygen atoms in total. The number of hydrogen-bond donors (Lipinski definition) is 2. The number of benzene rings is 1. The van der Waals surface area contributed by atoms with Crippen molar-refractivity contribution in [1.82, 2.24) is 20.6 Å². The van der Waals surface area contributed by atoms with Gasteiger partial charge >= 0.3 is 6.18 Å². The van der Waals surface area contributed by atoms with Crippen LogP contribution < -0.4 is 20.7 Å². The number of methoxy groups -OCH3 is 1. The normalized spacial score (nSPS) is 19.7. The lowest BCUT2D eigenvalue weighted by molar-refractivity contribution is -0.149. The number of amides is 1. The maximum Gasteiger partial charge on any atom is 0.408 e. The Hall–Kier alpha value is -3.41. The van der Waals surface area contributed by atoms with Crippen LogP contribution in [0.1, 0.15) is 30.6 Å². The minimum atomic E-state index is -4.59. The summed E-state index contributed by atoms with van der Waals surface area (Å²) in [6.07, 6.45) is -2.74. The van der Waals surface area contributed by atoms with E-state index in [1.807, 2.05) is 17.1 Å². The Morgan fingerprint density at radius 2 is 2.06 bits per heavy atom. The summed E-state index contributed by atoms with van der Waals surface area (Å²) in [4.78, 5) is 19.1. The van der Waals surface area contributed by atoms with E-state index >= 15 is 0 Å². The van der Waals surface area contributed by atoms with E-state index in [9.17, 15) is 18.0 Å². The molecule has 1 aromatic carbocycles. The van der Waals surface area contributed by atoms with Gasteiger partial charge in [-0.2, -0.15) is 13.2 Å². The standard InChI is InChI=1S/C21H23F3N6O3/c1-11(21(22,23)24)27-18(31)13-9-26-19(32-3)16(17(13)30-7-6-20(2,25)10-30)12-4-5-14-15(8-12)29-33-28-14/h4-5,8-9,11H,6-7,10,25H2,1-3H3,(H,27,31)/t11-,20-/m0/s1. The maximum absolute atomic E-state index is 13.1. The molecule has 1 aliphatic heterocycles. The van der Waals surface area contributed by atoms with Crippen molar-refractivity contribution in [2.45, 2.75) is 38.0 Å². The second kappa shape index (κ2) is 8.18. The van der Waals surface area contributed by atoms with Gasteiger partial charge < -0.3 is 20.7 Å². The number of ether oxygens (including phenoxy) is 1. The minimum Gasteiger partial charge on any atom is -0.480 e. The van der Waals surface area contributed by atoms with Crippen molar-refractivity contribution < 1.29 is 27.3 Å². The van der Waals surface area contributed by atoms with Crippen molar-refractivity contribution in [2.75, 3.05) is 25.1 Å². The highest BCUT2D eigenvalue weighted by atomic mass is 19.4. The van der Waals surface area contributed by atoms with Crippen molar-refractivity contribution in [3.63, 3.8) is 0 Å². The number of nitrogens with one attached hydrogen (secondary N) is 1. The fraction of sp³-hybridized carbons (Fsp3) is 0.429. The zero-order valence-electron chi connectivity index (χ0n) is 18.2. The molecule has 0 saturated carbocycles. The van der Waals surface area contributed by atoms with Crippen LogP contribution in [0.4, 0.5) is 18.9 Å². The van der Waals surface area contributed by atoms with Crippen molar-refractivity contribution >= 4 is 22.6 Å². The van der Waals surface area contributed by atoms with E-state index < -0.39 is 23.7 Å². The first-order valence-electron chi connectivity index (χ1n) is 10.2. The van der Waals surface area contributed by atoms with Crippen LogP contribution in [0, 0.1) is 0 Å². The molecule has 0 aliphatic carbocycles. The predicted molar refractivity (Wildman–Crippen MR) is 114 cm³/mol. The number of rotatable bonds is 5. The Bertz CT molecular complexity index is 1190. The third-order valence-corrected chi connectivity index (χ3v) is 5.66. The van der Waals surface area contributed by atoms with Crippen molar-refractivity contribution in [3.05, 3.63) is 30.0 Å². The van der Waals surface area contributed by atoms with Crippen LogP contribution in [0.2, 0.25) is 0 Å². The lowest BCUT2D eigenvalue weighted by Gasteiger charge is -2.28. The molecule has 0 bridgehead atoms. The van der Waals surface area contributed by atoms with Crippen molar-refractivity contribution in [2.24, 2.45) is 5.73 Å². The number of aromatic nitrogens is 3. The fourth-order valence-electron chi connectivity index (χ4n) is 3.86. The molecule has 1 fully saturated rings. The molecule has 1 aliphatic rings. The summed E-state index contributed by atoms with van der Waals surface area (Å²) in [5.41, 5.74) is 8.16. The molecule has 0 unspecified atom stereocenters. The number of nitrogens with zero attached hydrogens (tertiary/aromatic N) is 4. The molecule has 3 aromatic rings. The van der Waals surface area contributed by atoms with Crippen LogP contribution in [0.3, 0.4) is 0 Å². The summed E-state index contributed by atoms with van der Waals surface area (Å²) in [5, 5.41) is 9.66. The molecule has 1 saturated heterocycles. The van der Waals surface area contributed by atoms with Crippen LogP contribution in [-0.2, 0) is 0 Å². The van der Waals surface area contributed by atoms with E-state index in [0.29, 0.717) is 47.4 Å². The highest BCUT2D eigenvalue weighted by molar-refractivity contribution is 6.04. The van der Waals surface area contributed by atoms with Gasteiger partial charge in [0.25, 0.3) is 5.91 Å². The first-order valence-corrected chi connectivity index (χ1v) is 10.2. The predicted octanol–water partition coefficient (Wildman–Crippen LogP) is 2.90. The molecule has 33 heavy (non-hydrogen) atoms. The Morgan fingerprint density at radius 1 is 1.33 bits per heavy atom. The number of carbonyl (C=O) groups is 1. The summed E-state index contributed by atoms with van der Waals surface area (Å²) >= 11 is 0. The largest absolute Gasteiger partial charge is 0.480 e. The smallest absolute Gasteiger partial charge is 0.408 e. The highest BCUT2D eigenvalue weighted by Crippen LogP contribution is 2.42. The van der Waals surface area contributed by atoms with Gasteiger partial charge in [-0.05, 0) is 48.3 Å². The molecule has 3 N–H and O–H groups in total. The molecule has 0 radical (unpaired) electrons. The van der Waals surface area contributed by atoms with Crippen molar-refractivity contribution in [1.29, 1.82) is 0 Å². The molecule has 3 heterocycles. The molecular weight excluding hydrogens is 441 g/mol. The summed E-state index contributed by atoms with van der Waals surface area (Å²) in [5.74, 6) is -0.701. The van der Waals surface area contributed by atoms with Crippen LogP contribution >= 0.6 is 0 Å². The fourth-order valence-corrected chi connectivity index (χ4v) is 3.86. The van der Waals surface area contributed by atoms with E-state index in [0.717, 1.165) is 6.92 Å². The SMILES string of the molecule is COc1ncc(C(=O)N[C@@H](C)C(F)(F)F)c(N2CC[C@](C)(N)C2)c1-c1ccc2nonc2c1. The van der Waals surface area contributed by atoms with Gasteiger partial charge in [-0.1, -0.05) is 6.07 Å². The lowest BCUT2D eigenvalue weighted by atomic mass is 9.99. The van der Waals surface area contributed by atoms with E-state index in [1.165, 1.54) is 13.3 Å². The van der Waals surface area contributed by atoms with E-state index in [4.69, 9.17) is 15.1 Å². The number of hydrogen-bond acceptors (Lipinski definition) is 8. The average molecular weight is 464 g/mol. The van der Waals surface area contributed by atoms with Gasteiger partial charge in [0.15, 0.2) is 0 Å². The molecule has 2 aromatic heterocycles. The summed E-state index contributed by atoms with van der Waals surface area (Å²) < 4.78 is 49.6.